The minimum Gasteiger partial charge on any atom is -0.406 e. The van der Waals surface area contributed by atoms with E-state index in [2.05, 4.69) is 96.8 Å². The zero-order valence-electron chi connectivity index (χ0n) is 16.3. The van der Waals surface area contributed by atoms with Crippen molar-refractivity contribution in [2.24, 2.45) is 5.11 Å². The monoisotopic (exact) mass is 380 g/mol. The van der Waals surface area contributed by atoms with Crippen LogP contribution in [0.25, 0.3) is 10.4 Å². The molecule has 0 bridgehead atoms. The summed E-state index contributed by atoms with van der Waals surface area (Å²) in [5.41, 5.74) is 8.68. The average molecular weight is 381 g/mol. The molecular formula is C21H28N4OSi. The molecule has 1 aliphatic rings. The summed E-state index contributed by atoms with van der Waals surface area (Å²) in [6.45, 7) is 8.18. The molecule has 27 heavy (non-hydrogen) atoms. The molecule has 142 valence electrons. The van der Waals surface area contributed by atoms with Gasteiger partial charge in [0.15, 0.2) is 0 Å². The lowest BCUT2D eigenvalue weighted by Crippen LogP contribution is -2.67. The van der Waals surface area contributed by atoms with E-state index in [1.807, 2.05) is 0 Å². The summed E-state index contributed by atoms with van der Waals surface area (Å²) >= 11 is 0. The van der Waals surface area contributed by atoms with Gasteiger partial charge in [-0.3, -0.25) is 0 Å². The Morgan fingerprint density at radius 1 is 1.07 bits per heavy atom. The van der Waals surface area contributed by atoms with E-state index in [0.29, 0.717) is 6.61 Å². The van der Waals surface area contributed by atoms with Crippen LogP contribution in [0.15, 0.2) is 65.8 Å². The lowest BCUT2D eigenvalue weighted by atomic mass is 10.2. The van der Waals surface area contributed by atoms with Crippen LogP contribution < -0.4 is 15.7 Å². The van der Waals surface area contributed by atoms with E-state index in [9.17, 15) is 0 Å². The maximum absolute atomic E-state index is 8.68. The molecule has 0 saturated carbocycles. The van der Waals surface area contributed by atoms with Crippen molar-refractivity contribution >= 4 is 18.7 Å². The summed E-state index contributed by atoms with van der Waals surface area (Å²) in [6.07, 6.45) is 0.822. The van der Waals surface area contributed by atoms with Crippen LogP contribution >= 0.6 is 0 Å². The fraction of sp³-hybridized carbons (Fsp3) is 0.429. The number of benzene rings is 2. The van der Waals surface area contributed by atoms with E-state index in [1.54, 1.807) is 0 Å². The minimum absolute atomic E-state index is 0.0164. The van der Waals surface area contributed by atoms with Gasteiger partial charge in [-0.2, -0.15) is 0 Å². The third kappa shape index (κ3) is 4.09. The van der Waals surface area contributed by atoms with Gasteiger partial charge in [-0.25, -0.2) is 0 Å². The highest BCUT2D eigenvalue weighted by Crippen LogP contribution is 2.37. The first-order valence-electron chi connectivity index (χ1n) is 9.50. The number of hydrogen-bond acceptors (Lipinski definition) is 3. The van der Waals surface area contributed by atoms with Crippen LogP contribution in [-0.4, -0.2) is 33.6 Å². The van der Waals surface area contributed by atoms with E-state index < -0.39 is 8.32 Å². The van der Waals surface area contributed by atoms with Crippen LogP contribution in [-0.2, 0) is 4.43 Å². The highest BCUT2D eigenvalue weighted by Gasteiger charge is 2.50. The highest BCUT2D eigenvalue weighted by atomic mass is 28.4. The van der Waals surface area contributed by atoms with Crippen molar-refractivity contribution < 1.29 is 4.43 Å². The first kappa shape index (κ1) is 19.6. The first-order chi connectivity index (χ1) is 13.0. The molecule has 0 radical (unpaired) electrons. The van der Waals surface area contributed by atoms with Crippen LogP contribution in [0.2, 0.25) is 5.04 Å². The predicted molar refractivity (Wildman–Crippen MR) is 113 cm³/mol. The van der Waals surface area contributed by atoms with Gasteiger partial charge in [-0.05, 0) is 27.4 Å². The summed E-state index contributed by atoms with van der Waals surface area (Å²) in [5, 5.41) is 9.85. The molecular weight excluding hydrogens is 352 g/mol. The standard InChI is InChI=1S/C21H28N4OSi/c1-21(2,3)27(19-10-6-4-7-11-19,20-12-8-5-9-13-20)26-16-18-14-17(15-23-18)24-25-22/h4-13,17-18,23H,14-16H2,1-3H3/t17-,18+/m1/s1. The Hall–Kier alpha value is -2.11. The van der Waals surface area contributed by atoms with E-state index in [1.165, 1.54) is 10.4 Å². The van der Waals surface area contributed by atoms with Crippen LogP contribution in [0.3, 0.4) is 0 Å². The zero-order chi connectivity index (χ0) is 19.3. The van der Waals surface area contributed by atoms with Gasteiger partial charge in [0.25, 0.3) is 8.32 Å². The Morgan fingerprint density at radius 2 is 1.63 bits per heavy atom. The summed E-state index contributed by atoms with van der Waals surface area (Å²) in [5.74, 6) is 0. The van der Waals surface area contributed by atoms with Crippen molar-refractivity contribution in [3.05, 3.63) is 71.1 Å². The number of rotatable bonds is 6. The van der Waals surface area contributed by atoms with Crippen molar-refractivity contribution in [3.63, 3.8) is 0 Å². The quantitative estimate of drug-likeness (QED) is 0.360. The van der Waals surface area contributed by atoms with Crippen molar-refractivity contribution in [2.45, 2.75) is 44.3 Å². The van der Waals surface area contributed by atoms with Crippen LogP contribution in [0, 0.1) is 0 Å². The van der Waals surface area contributed by atoms with Crippen molar-refractivity contribution in [2.75, 3.05) is 13.2 Å². The Kier molecular flexibility index (Phi) is 6.02. The van der Waals surface area contributed by atoms with E-state index in [-0.39, 0.29) is 17.1 Å². The molecule has 1 saturated heterocycles. The van der Waals surface area contributed by atoms with Gasteiger partial charge in [0, 0.05) is 17.5 Å². The normalized spacial score (nSPS) is 20.3. The summed E-state index contributed by atoms with van der Waals surface area (Å²) in [7, 11) is -2.50. The lowest BCUT2D eigenvalue weighted by molar-refractivity contribution is 0.260. The highest BCUT2D eigenvalue weighted by molar-refractivity contribution is 6.99. The molecule has 1 fully saturated rings. The van der Waals surface area contributed by atoms with E-state index in [0.717, 1.165) is 13.0 Å². The van der Waals surface area contributed by atoms with Crippen molar-refractivity contribution in [1.29, 1.82) is 0 Å². The smallest absolute Gasteiger partial charge is 0.261 e. The Morgan fingerprint density at radius 3 is 2.11 bits per heavy atom. The minimum atomic E-state index is -2.50. The third-order valence-electron chi connectivity index (χ3n) is 5.33. The molecule has 6 heteroatoms. The van der Waals surface area contributed by atoms with Gasteiger partial charge in [0.1, 0.15) is 0 Å². The second kappa shape index (κ2) is 8.27. The molecule has 0 aromatic heterocycles. The number of nitrogens with one attached hydrogen (secondary N) is 1. The summed E-state index contributed by atoms with van der Waals surface area (Å²) in [6, 6.07) is 21.5. The maximum atomic E-state index is 8.68. The molecule has 0 aliphatic carbocycles. The molecule has 0 spiro atoms. The van der Waals surface area contributed by atoms with Gasteiger partial charge < -0.3 is 9.74 Å². The molecule has 2 atom stereocenters. The lowest BCUT2D eigenvalue weighted by Gasteiger charge is -2.43. The summed E-state index contributed by atoms with van der Waals surface area (Å²) in [4.78, 5) is 2.95. The van der Waals surface area contributed by atoms with E-state index in [4.69, 9.17) is 9.96 Å². The molecule has 2 aromatic rings. The number of nitrogens with zero attached hydrogens (tertiary/aromatic N) is 3. The maximum Gasteiger partial charge on any atom is 0.261 e. The molecule has 0 unspecified atom stereocenters. The van der Waals surface area contributed by atoms with Crippen molar-refractivity contribution in [3.8, 4) is 0 Å². The van der Waals surface area contributed by atoms with Gasteiger partial charge in [0.2, 0.25) is 0 Å². The molecule has 5 nitrogen and oxygen atoms in total. The fourth-order valence-corrected chi connectivity index (χ4v) is 8.68. The van der Waals surface area contributed by atoms with Gasteiger partial charge in [-0.15, -0.1) is 0 Å². The Bertz CT molecular complexity index is 745. The first-order valence-corrected chi connectivity index (χ1v) is 11.4. The largest absolute Gasteiger partial charge is 0.406 e. The predicted octanol–water partition coefficient (Wildman–Crippen LogP) is 3.60. The van der Waals surface area contributed by atoms with Crippen molar-refractivity contribution in [1.82, 2.24) is 5.32 Å². The fourth-order valence-electron chi connectivity index (χ4n) is 4.07. The molecule has 0 amide bonds. The Balaban J connectivity index is 1.96. The molecule has 2 aromatic carbocycles. The second-order valence-electron chi connectivity index (χ2n) is 8.17. The summed E-state index contributed by atoms with van der Waals surface area (Å²) < 4.78 is 6.92. The second-order valence-corrected chi connectivity index (χ2v) is 12.5. The molecule has 3 rings (SSSR count). The molecule has 1 N–H and O–H groups in total. The zero-order valence-corrected chi connectivity index (χ0v) is 17.3. The van der Waals surface area contributed by atoms with E-state index >= 15 is 0 Å². The van der Waals surface area contributed by atoms with Gasteiger partial charge in [0.05, 0.1) is 12.6 Å². The SMILES string of the molecule is CC(C)(C)[Si](OC[C@@H]1C[C@@H](N=[N+]=[N-])CN1)(c1ccccc1)c1ccccc1. The third-order valence-corrected chi connectivity index (χ3v) is 10.3. The average Bonchev–Trinajstić information content (AvgIpc) is 3.11. The molecule has 1 heterocycles. The number of hydrogen-bond donors (Lipinski definition) is 1. The topological polar surface area (TPSA) is 70.0 Å². The molecule has 1 aliphatic heterocycles. The van der Waals surface area contributed by atoms with Crippen LogP contribution in [0.5, 0.6) is 0 Å². The Labute approximate surface area is 162 Å². The van der Waals surface area contributed by atoms with Crippen LogP contribution in [0.4, 0.5) is 0 Å². The van der Waals surface area contributed by atoms with Gasteiger partial charge in [-0.1, -0.05) is 86.5 Å². The van der Waals surface area contributed by atoms with Crippen LogP contribution in [0.1, 0.15) is 27.2 Å². The van der Waals surface area contributed by atoms with Gasteiger partial charge >= 0.3 is 0 Å². The number of azide groups is 1.